The molecule has 7 heteroatoms. The van der Waals surface area contributed by atoms with E-state index in [-0.39, 0.29) is 16.2 Å². The van der Waals surface area contributed by atoms with Crippen LogP contribution in [0.2, 0.25) is 0 Å². The molecule has 20 heavy (non-hydrogen) atoms. The van der Waals surface area contributed by atoms with Gasteiger partial charge in [-0.3, -0.25) is 0 Å². The van der Waals surface area contributed by atoms with Crippen molar-refractivity contribution in [3.05, 3.63) is 17.0 Å². The number of carboxylic acid groups (broad SMARTS) is 1. The number of aryl methyl sites for hydroxylation is 1. The van der Waals surface area contributed by atoms with Crippen LogP contribution in [0.3, 0.4) is 0 Å². The van der Waals surface area contributed by atoms with Gasteiger partial charge in [0.15, 0.2) is 0 Å². The van der Waals surface area contributed by atoms with Gasteiger partial charge >= 0.3 is 5.97 Å². The van der Waals surface area contributed by atoms with Gasteiger partial charge in [-0.1, -0.05) is 6.92 Å². The second-order valence-electron chi connectivity index (χ2n) is 5.64. The highest BCUT2D eigenvalue weighted by atomic mass is 32.2. The summed E-state index contributed by atoms with van der Waals surface area (Å²) in [5.41, 5.74) is 0.579. The predicted octanol–water partition coefficient (Wildman–Crippen LogP) is 1.61. The molecule has 6 nitrogen and oxygen atoms in total. The number of hydrogen-bond donors (Lipinski definition) is 2. The lowest BCUT2D eigenvalue weighted by Crippen LogP contribution is -2.30. The Labute approximate surface area is 118 Å². The first-order valence-corrected chi connectivity index (χ1v) is 7.99. The Morgan fingerprint density at radius 2 is 2.00 bits per heavy atom. The van der Waals surface area contributed by atoms with Gasteiger partial charge in [0, 0.05) is 24.8 Å². The lowest BCUT2D eigenvalue weighted by atomic mass is 10.2. The van der Waals surface area contributed by atoms with Gasteiger partial charge in [0.1, 0.15) is 10.6 Å². The molecule has 1 aliphatic carbocycles. The van der Waals surface area contributed by atoms with E-state index in [1.165, 1.54) is 11.2 Å². The average Bonchev–Trinajstić information content (AvgIpc) is 2.90. The number of aromatic carboxylic acids is 1. The largest absolute Gasteiger partial charge is 0.477 e. The monoisotopic (exact) mass is 300 g/mol. The van der Waals surface area contributed by atoms with Crippen molar-refractivity contribution >= 4 is 16.0 Å². The second kappa shape index (κ2) is 4.89. The van der Waals surface area contributed by atoms with Crippen LogP contribution in [0.25, 0.3) is 0 Å². The Morgan fingerprint density at radius 1 is 1.45 bits per heavy atom. The van der Waals surface area contributed by atoms with E-state index in [1.807, 2.05) is 0 Å². The van der Waals surface area contributed by atoms with Crippen molar-refractivity contribution in [3.8, 4) is 0 Å². The Hall–Kier alpha value is -1.34. The summed E-state index contributed by atoms with van der Waals surface area (Å²) in [4.78, 5) is 13.8. The average molecular weight is 300 g/mol. The molecule has 1 fully saturated rings. The van der Waals surface area contributed by atoms with E-state index in [0.29, 0.717) is 24.1 Å². The number of sulfonamides is 1. The van der Waals surface area contributed by atoms with Gasteiger partial charge in [-0.2, -0.15) is 0 Å². The summed E-state index contributed by atoms with van der Waals surface area (Å²) in [6, 6.07) is 0. The van der Waals surface area contributed by atoms with Crippen LogP contribution in [0, 0.1) is 25.7 Å². The van der Waals surface area contributed by atoms with Crippen molar-refractivity contribution in [1.82, 2.24) is 9.29 Å². The summed E-state index contributed by atoms with van der Waals surface area (Å²) in [5, 5.41) is 9.06. The van der Waals surface area contributed by atoms with Gasteiger partial charge in [-0.15, -0.1) is 0 Å². The van der Waals surface area contributed by atoms with E-state index in [9.17, 15) is 13.2 Å². The lowest BCUT2D eigenvalue weighted by Gasteiger charge is -2.17. The number of carbonyl (C=O) groups is 1. The van der Waals surface area contributed by atoms with Gasteiger partial charge in [-0.05, 0) is 32.1 Å². The molecule has 0 radical (unpaired) electrons. The predicted molar refractivity (Wildman–Crippen MR) is 74.3 cm³/mol. The first-order valence-electron chi connectivity index (χ1n) is 6.55. The molecule has 1 aromatic rings. The van der Waals surface area contributed by atoms with E-state index < -0.39 is 16.0 Å². The highest BCUT2D eigenvalue weighted by Crippen LogP contribution is 2.39. The number of aromatic nitrogens is 1. The van der Waals surface area contributed by atoms with Crippen LogP contribution in [0.4, 0.5) is 0 Å². The van der Waals surface area contributed by atoms with Gasteiger partial charge in [0.2, 0.25) is 10.0 Å². The number of nitrogens with zero attached hydrogens (tertiary/aromatic N) is 1. The van der Waals surface area contributed by atoms with Crippen molar-refractivity contribution < 1.29 is 18.3 Å². The molecule has 2 unspecified atom stereocenters. The highest BCUT2D eigenvalue weighted by molar-refractivity contribution is 7.89. The molecule has 1 aromatic heterocycles. The van der Waals surface area contributed by atoms with Gasteiger partial charge in [0.25, 0.3) is 0 Å². The number of carboxylic acids is 1. The van der Waals surface area contributed by atoms with Crippen LogP contribution < -0.4 is 0 Å². The smallest absolute Gasteiger partial charge is 0.352 e. The molecule has 0 spiro atoms. The van der Waals surface area contributed by atoms with E-state index in [4.69, 9.17) is 5.11 Å². The van der Waals surface area contributed by atoms with Gasteiger partial charge in [-0.25, -0.2) is 17.5 Å². The normalized spacial score (nSPS) is 22.2. The first kappa shape index (κ1) is 15.1. The quantitative estimate of drug-likeness (QED) is 0.864. The second-order valence-corrected chi connectivity index (χ2v) is 7.62. The maximum absolute atomic E-state index is 12.6. The highest BCUT2D eigenvalue weighted by Gasteiger charge is 2.37. The maximum Gasteiger partial charge on any atom is 0.352 e. The van der Waals surface area contributed by atoms with Gasteiger partial charge < -0.3 is 10.1 Å². The maximum atomic E-state index is 12.6. The fourth-order valence-corrected chi connectivity index (χ4v) is 4.20. The summed E-state index contributed by atoms with van der Waals surface area (Å²) in [7, 11) is -2.10. The number of aromatic amines is 1. The van der Waals surface area contributed by atoms with Crippen LogP contribution in [0.5, 0.6) is 0 Å². The molecule has 1 saturated carbocycles. The number of hydrogen-bond acceptors (Lipinski definition) is 3. The molecule has 0 aliphatic heterocycles. The molecule has 2 N–H and O–H groups in total. The third kappa shape index (κ3) is 2.47. The molecule has 2 rings (SSSR count). The molecular formula is C13H20N2O4S. The van der Waals surface area contributed by atoms with Crippen LogP contribution in [0.1, 0.15) is 35.1 Å². The molecule has 0 saturated heterocycles. The zero-order valence-electron chi connectivity index (χ0n) is 12.1. The Bertz CT molecular complexity index is 648. The number of H-pyrrole nitrogens is 1. The minimum Gasteiger partial charge on any atom is -0.477 e. The fraction of sp³-hybridized carbons (Fsp3) is 0.615. The summed E-state index contributed by atoms with van der Waals surface area (Å²) in [6.07, 6.45) is 1.05. The van der Waals surface area contributed by atoms with E-state index >= 15 is 0 Å². The van der Waals surface area contributed by atoms with Crippen molar-refractivity contribution in [1.29, 1.82) is 0 Å². The fourth-order valence-electron chi connectivity index (χ4n) is 2.57. The van der Waals surface area contributed by atoms with Crippen LogP contribution in [-0.4, -0.2) is 42.4 Å². The number of nitrogens with one attached hydrogen (secondary N) is 1. The summed E-state index contributed by atoms with van der Waals surface area (Å²) in [6.45, 7) is 5.68. The third-order valence-electron chi connectivity index (χ3n) is 4.02. The molecule has 112 valence electrons. The van der Waals surface area contributed by atoms with E-state index in [1.54, 1.807) is 14.0 Å². The zero-order valence-corrected chi connectivity index (χ0v) is 12.9. The minimum absolute atomic E-state index is 0.0609. The SMILES string of the molecule is Cc1[nH]c(C(=O)O)c(C)c1S(=O)(=O)N(C)CC1CC1C. The zero-order chi connectivity index (χ0) is 15.2. The van der Waals surface area contributed by atoms with Crippen molar-refractivity contribution in [2.45, 2.75) is 32.1 Å². The Kier molecular flexibility index (Phi) is 3.68. The standard InChI is InChI=1S/C13H20N2O4S/c1-7-5-10(7)6-15(4)20(18,19)12-8(2)11(13(16)17)14-9(12)3/h7,10,14H,5-6H2,1-4H3,(H,16,17). The van der Waals surface area contributed by atoms with Crippen LogP contribution in [-0.2, 0) is 10.0 Å². The van der Waals surface area contributed by atoms with Gasteiger partial charge in [0.05, 0.1) is 0 Å². The summed E-state index contributed by atoms with van der Waals surface area (Å²) >= 11 is 0. The first-order chi connectivity index (χ1) is 9.16. The lowest BCUT2D eigenvalue weighted by molar-refractivity contribution is 0.0690. The van der Waals surface area contributed by atoms with Crippen molar-refractivity contribution in [3.63, 3.8) is 0 Å². The third-order valence-corrected chi connectivity index (χ3v) is 6.12. The van der Waals surface area contributed by atoms with Crippen LogP contribution in [0.15, 0.2) is 4.90 Å². The van der Waals surface area contributed by atoms with Crippen molar-refractivity contribution in [2.24, 2.45) is 11.8 Å². The molecule has 1 aliphatic rings. The molecule has 1 heterocycles. The van der Waals surface area contributed by atoms with Crippen molar-refractivity contribution in [2.75, 3.05) is 13.6 Å². The summed E-state index contributed by atoms with van der Waals surface area (Å²) in [5.74, 6) is -0.172. The molecule has 2 atom stereocenters. The molecular weight excluding hydrogens is 280 g/mol. The van der Waals surface area contributed by atoms with E-state index in [2.05, 4.69) is 11.9 Å². The number of rotatable bonds is 5. The minimum atomic E-state index is -3.65. The molecule has 0 amide bonds. The Morgan fingerprint density at radius 3 is 2.40 bits per heavy atom. The Balaban J connectivity index is 2.36. The topological polar surface area (TPSA) is 90.5 Å². The molecule has 0 aromatic carbocycles. The van der Waals surface area contributed by atoms with Crippen LogP contribution >= 0.6 is 0 Å². The summed E-state index contributed by atoms with van der Waals surface area (Å²) < 4.78 is 26.5. The van der Waals surface area contributed by atoms with E-state index in [0.717, 1.165) is 6.42 Å². The molecule has 0 bridgehead atoms.